The molecule has 1 aliphatic rings. The van der Waals surface area contributed by atoms with Crippen LogP contribution in [0, 0.1) is 5.41 Å². The van der Waals surface area contributed by atoms with Crippen molar-refractivity contribution >= 4 is 17.7 Å². The molecule has 1 saturated heterocycles. The summed E-state index contributed by atoms with van der Waals surface area (Å²) in [6, 6.07) is 0.405. The van der Waals surface area contributed by atoms with E-state index < -0.39 is 5.97 Å². The van der Waals surface area contributed by atoms with Crippen LogP contribution in [0.2, 0.25) is 0 Å². The van der Waals surface area contributed by atoms with Crippen molar-refractivity contribution in [2.45, 2.75) is 39.7 Å². The fourth-order valence-corrected chi connectivity index (χ4v) is 4.05. The summed E-state index contributed by atoms with van der Waals surface area (Å²) in [6.07, 6.45) is 2.20. The third-order valence-corrected chi connectivity index (χ3v) is 4.40. The lowest BCUT2D eigenvalue weighted by Crippen LogP contribution is -2.51. The number of carboxylic acids is 1. The van der Waals surface area contributed by atoms with E-state index in [-0.39, 0.29) is 12.0 Å². The molecule has 94 valence electrons. The first-order valence-electron chi connectivity index (χ1n) is 6.01. The Balaban J connectivity index is 2.70. The van der Waals surface area contributed by atoms with Gasteiger partial charge in [0.1, 0.15) is 0 Å². The predicted octanol–water partition coefficient (Wildman–Crippen LogP) is 2.31. The quantitative estimate of drug-likeness (QED) is 0.807. The standard InChI is InChI=1S/C12H23NO2S/c1-4-6-13(8-11(14)15)10-9-16-7-5-12(10,2)3/h10H,4-9H2,1-3H3,(H,14,15). The molecule has 1 heterocycles. The van der Waals surface area contributed by atoms with Gasteiger partial charge >= 0.3 is 5.97 Å². The van der Waals surface area contributed by atoms with Gasteiger partial charge in [0.15, 0.2) is 0 Å². The first kappa shape index (κ1) is 13.8. The first-order valence-corrected chi connectivity index (χ1v) is 7.16. The number of hydrogen-bond acceptors (Lipinski definition) is 3. The van der Waals surface area contributed by atoms with Gasteiger partial charge in [-0.25, -0.2) is 0 Å². The number of carboxylic acid groups (broad SMARTS) is 1. The van der Waals surface area contributed by atoms with Crippen LogP contribution in [-0.4, -0.2) is 46.6 Å². The van der Waals surface area contributed by atoms with Crippen LogP contribution in [0.4, 0.5) is 0 Å². The van der Waals surface area contributed by atoms with Crippen LogP contribution in [0.3, 0.4) is 0 Å². The van der Waals surface area contributed by atoms with E-state index in [1.54, 1.807) is 0 Å². The van der Waals surface area contributed by atoms with E-state index in [1.807, 2.05) is 11.8 Å². The molecule has 0 aromatic carbocycles. The van der Waals surface area contributed by atoms with Gasteiger partial charge in [-0.15, -0.1) is 0 Å². The zero-order valence-electron chi connectivity index (χ0n) is 10.5. The Bertz CT molecular complexity index is 243. The van der Waals surface area contributed by atoms with Crippen molar-refractivity contribution in [1.82, 2.24) is 4.90 Å². The third-order valence-electron chi connectivity index (χ3n) is 3.36. The molecule has 0 amide bonds. The Labute approximate surface area is 103 Å². The molecule has 1 rings (SSSR count). The maximum absolute atomic E-state index is 10.9. The average molecular weight is 245 g/mol. The normalized spacial score (nSPS) is 24.6. The van der Waals surface area contributed by atoms with Crippen LogP contribution in [0.1, 0.15) is 33.6 Å². The van der Waals surface area contributed by atoms with Gasteiger partial charge in [0.25, 0.3) is 0 Å². The third kappa shape index (κ3) is 3.67. The van der Waals surface area contributed by atoms with Crippen LogP contribution in [0.25, 0.3) is 0 Å². The van der Waals surface area contributed by atoms with E-state index in [1.165, 1.54) is 12.2 Å². The molecule has 0 aromatic heterocycles. The SMILES string of the molecule is CCCN(CC(=O)O)C1CSCCC1(C)C. The number of carbonyl (C=O) groups is 1. The minimum atomic E-state index is -0.708. The largest absolute Gasteiger partial charge is 0.480 e. The van der Waals surface area contributed by atoms with Crippen molar-refractivity contribution in [1.29, 1.82) is 0 Å². The van der Waals surface area contributed by atoms with Crippen molar-refractivity contribution < 1.29 is 9.90 Å². The van der Waals surface area contributed by atoms with Gasteiger partial charge in [-0.3, -0.25) is 9.69 Å². The maximum atomic E-state index is 10.9. The van der Waals surface area contributed by atoms with E-state index in [0.29, 0.717) is 6.04 Å². The molecule has 0 spiro atoms. The molecule has 4 heteroatoms. The highest BCUT2D eigenvalue weighted by atomic mass is 32.2. The fourth-order valence-electron chi connectivity index (χ4n) is 2.33. The van der Waals surface area contributed by atoms with Gasteiger partial charge in [-0.05, 0) is 30.6 Å². The van der Waals surface area contributed by atoms with Crippen LogP contribution in [-0.2, 0) is 4.79 Å². The zero-order chi connectivity index (χ0) is 12.2. The number of hydrogen-bond donors (Lipinski definition) is 1. The molecule has 1 fully saturated rings. The topological polar surface area (TPSA) is 40.5 Å². The van der Waals surface area contributed by atoms with E-state index in [0.717, 1.165) is 18.7 Å². The molecule has 1 unspecified atom stereocenters. The van der Waals surface area contributed by atoms with Gasteiger partial charge in [0.2, 0.25) is 0 Å². The van der Waals surface area contributed by atoms with Crippen molar-refractivity contribution in [2.75, 3.05) is 24.6 Å². The van der Waals surface area contributed by atoms with Crippen LogP contribution < -0.4 is 0 Å². The second-order valence-electron chi connectivity index (χ2n) is 5.19. The zero-order valence-corrected chi connectivity index (χ0v) is 11.3. The highest BCUT2D eigenvalue weighted by Crippen LogP contribution is 2.37. The minimum absolute atomic E-state index is 0.183. The lowest BCUT2D eigenvalue weighted by Gasteiger charge is -2.44. The van der Waals surface area contributed by atoms with Crippen molar-refractivity contribution in [3.63, 3.8) is 0 Å². The molecule has 16 heavy (non-hydrogen) atoms. The summed E-state index contributed by atoms with van der Waals surface area (Å²) in [7, 11) is 0. The van der Waals surface area contributed by atoms with Gasteiger partial charge in [0, 0.05) is 11.8 Å². The summed E-state index contributed by atoms with van der Waals surface area (Å²) < 4.78 is 0. The highest BCUT2D eigenvalue weighted by Gasteiger charge is 2.36. The van der Waals surface area contributed by atoms with Gasteiger partial charge in [-0.1, -0.05) is 20.8 Å². The van der Waals surface area contributed by atoms with Crippen LogP contribution >= 0.6 is 11.8 Å². The lowest BCUT2D eigenvalue weighted by atomic mass is 9.81. The summed E-state index contributed by atoms with van der Waals surface area (Å²) in [5.41, 5.74) is 0.246. The summed E-state index contributed by atoms with van der Waals surface area (Å²) in [5.74, 6) is 1.57. The smallest absolute Gasteiger partial charge is 0.317 e. The Morgan fingerprint density at radius 2 is 2.25 bits per heavy atom. The minimum Gasteiger partial charge on any atom is -0.480 e. The van der Waals surface area contributed by atoms with Gasteiger partial charge in [0.05, 0.1) is 6.54 Å². The molecule has 1 atom stereocenters. The van der Waals surface area contributed by atoms with E-state index >= 15 is 0 Å². The molecule has 0 bridgehead atoms. The van der Waals surface area contributed by atoms with E-state index in [4.69, 9.17) is 5.11 Å². The molecular formula is C12H23NO2S. The van der Waals surface area contributed by atoms with Crippen LogP contribution in [0.5, 0.6) is 0 Å². The molecule has 1 N–H and O–H groups in total. The number of aliphatic carboxylic acids is 1. The Kier molecular flexibility index (Phi) is 5.12. The fraction of sp³-hybridized carbons (Fsp3) is 0.917. The highest BCUT2D eigenvalue weighted by molar-refractivity contribution is 7.99. The first-order chi connectivity index (χ1) is 7.47. The molecule has 3 nitrogen and oxygen atoms in total. The average Bonchev–Trinajstić information content (AvgIpc) is 2.15. The summed E-state index contributed by atoms with van der Waals surface area (Å²) >= 11 is 1.95. The van der Waals surface area contributed by atoms with Crippen molar-refractivity contribution in [3.05, 3.63) is 0 Å². The molecule has 0 aromatic rings. The second-order valence-corrected chi connectivity index (χ2v) is 6.34. The Hall–Kier alpha value is -0.220. The predicted molar refractivity (Wildman–Crippen MR) is 69.0 cm³/mol. The van der Waals surface area contributed by atoms with E-state index in [2.05, 4.69) is 25.7 Å². The maximum Gasteiger partial charge on any atom is 0.317 e. The van der Waals surface area contributed by atoms with Gasteiger partial charge < -0.3 is 5.11 Å². The van der Waals surface area contributed by atoms with Gasteiger partial charge in [-0.2, -0.15) is 11.8 Å². The van der Waals surface area contributed by atoms with E-state index in [9.17, 15) is 4.79 Å². The Morgan fingerprint density at radius 1 is 1.56 bits per heavy atom. The summed E-state index contributed by atoms with van der Waals surface area (Å²) in [4.78, 5) is 13.0. The van der Waals surface area contributed by atoms with Crippen molar-refractivity contribution in [2.24, 2.45) is 5.41 Å². The molecule has 1 aliphatic heterocycles. The Morgan fingerprint density at radius 3 is 2.75 bits per heavy atom. The summed E-state index contributed by atoms with van der Waals surface area (Å²) in [5, 5.41) is 8.96. The monoisotopic (exact) mass is 245 g/mol. The number of rotatable bonds is 5. The number of nitrogens with zero attached hydrogens (tertiary/aromatic N) is 1. The molecule has 0 aliphatic carbocycles. The number of thioether (sulfide) groups is 1. The molecule has 0 saturated carbocycles. The summed E-state index contributed by atoms with van der Waals surface area (Å²) in [6.45, 7) is 7.71. The molecule has 0 radical (unpaired) electrons. The second kappa shape index (κ2) is 5.92. The molecular weight excluding hydrogens is 222 g/mol. The lowest BCUT2D eigenvalue weighted by molar-refractivity contribution is -0.139. The van der Waals surface area contributed by atoms with Crippen molar-refractivity contribution in [3.8, 4) is 0 Å². The van der Waals surface area contributed by atoms with Crippen LogP contribution in [0.15, 0.2) is 0 Å².